The summed E-state index contributed by atoms with van der Waals surface area (Å²) in [7, 11) is 0. The van der Waals surface area contributed by atoms with Gasteiger partial charge in [0.25, 0.3) is 0 Å². The van der Waals surface area contributed by atoms with Gasteiger partial charge < -0.3 is 5.32 Å². The lowest BCUT2D eigenvalue weighted by molar-refractivity contribution is 0.466. The average Bonchev–Trinajstić information content (AvgIpc) is 2.31. The van der Waals surface area contributed by atoms with Crippen LogP contribution in [0.1, 0.15) is 43.4 Å². The van der Waals surface area contributed by atoms with Crippen LogP contribution in [0.4, 0.5) is 0 Å². The molecule has 1 aliphatic rings. The van der Waals surface area contributed by atoms with E-state index >= 15 is 0 Å². The molecule has 16 heavy (non-hydrogen) atoms. The molecule has 86 valence electrons. The van der Waals surface area contributed by atoms with Gasteiger partial charge in [-0.05, 0) is 44.2 Å². The molecular formula is C15H21N. The monoisotopic (exact) mass is 215 g/mol. The van der Waals surface area contributed by atoms with E-state index in [-0.39, 0.29) is 0 Å². The molecule has 0 radical (unpaired) electrons. The van der Waals surface area contributed by atoms with Gasteiger partial charge in [0.05, 0.1) is 0 Å². The largest absolute Gasteiger partial charge is 0.304 e. The van der Waals surface area contributed by atoms with Crippen molar-refractivity contribution in [3.05, 3.63) is 47.5 Å². The quantitative estimate of drug-likeness (QED) is 0.757. The van der Waals surface area contributed by atoms with Crippen LogP contribution < -0.4 is 5.32 Å². The van der Waals surface area contributed by atoms with Gasteiger partial charge in [0.15, 0.2) is 0 Å². The average molecular weight is 215 g/mol. The fraction of sp³-hybridized carbons (Fsp3) is 0.467. The Labute approximate surface area is 98.6 Å². The number of benzene rings is 1. The molecule has 0 bridgehead atoms. The third-order valence-electron chi connectivity index (χ3n) is 3.37. The third kappa shape index (κ3) is 2.73. The van der Waals surface area contributed by atoms with E-state index in [1.54, 1.807) is 0 Å². The minimum Gasteiger partial charge on any atom is -0.304 e. The summed E-state index contributed by atoms with van der Waals surface area (Å²) in [5.41, 5.74) is 2.80. The molecule has 0 amide bonds. The first-order chi connectivity index (χ1) is 7.77. The number of aryl methyl sites for hydroxylation is 1. The molecule has 1 aliphatic carbocycles. The van der Waals surface area contributed by atoms with Gasteiger partial charge in [-0.15, -0.1) is 0 Å². The molecule has 1 N–H and O–H groups in total. The molecule has 1 heteroatoms. The van der Waals surface area contributed by atoms with E-state index in [0.29, 0.717) is 12.1 Å². The molecule has 0 spiro atoms. The van der Waals surface area contributed by atoms with Gasteiger partial charge in [-0.25, -0.2) is 0 Å². The van der Waals surface area contributed by atoms with E-state index in [1.807, 2.05) is 0 Å². The summed E-state index contributed by atoms with van der Waals surface area (Å²) in [6, 6.07) is 9.63. The fourth-order valence-electron chi connectivity index (χ4n) is 2.43. The Balaban J connectivity index is 2.02. The maximum atomic E-state index is 3.69. The zero-order valence-corrected chi connectivity index (χ0v) is 10.2. The summed E-state index contributed by atoms with van der Waals surface area (Å²) in [6.07, 6.45) is 8.45. The van der Waals surface area contributed by atoms with Gasteiger partial charge in [0.2, 0.25) is 0 Å². The van der Waals surface area contributed by atoms with E-state index in [1.165, 1.54) is 30.4 Å². The molecule has 0 heterocycles. The number of nitrogens with one attached hydrogen (secondary N) is 1. The van der Waals surface area contributed by atoms with E-state index in [2.05, 4.69) is 55.6 Å². The zero-order chi connectivity index (χ0) is 11.4. The Hall–Kier alpha value is -1.08. The van der Waals surface area contributed by atoms with Crippen molar-refractivity contribution in [1.29, 1.82) is 0 Å². The minimum absolute atomic E-state index is 0.439. The van der Waals surface area contributed by atoms with Crippen molar-refractivity contribution in [3.63, 3.8) is 0 Å². The summed E-state index contributed by atoms with van der Waals surface area (Å²) in [4.78, 5) is 0. The molecule has 0 aromatic heterocycles. The van der Waals surface area contributed by atoms with Gasteiger partial charge >= 0.3 is 0 Å². The third-order valence-corrected chi connectivity index (χ3v) is 3.37. The summed E-state index contributed by atoms with van der Waals surface area (Å²) in [5.74, 6) is 0. The van der Waals surface area contributed by atoms with Crippen LogP contribution in [0.15, 0.2) is 36.4 Å². The summed E-state index contributed by atoms with van der Waals surface area (Å²) in [6.45, 7) is 4.44. The first-order valence-electron chi connectivity index (χ1n) is 6.25. The normalized spacial score (nSPS) is 22.0. The smallest absolute Gasteiger partial charge is 0.0299 e. The Morgan fingerprint density at radius 1 is 1.31 bits per heavy atom. The molecule has 0 saturated carbocycles. The summed E-state index contributed by atoms with van der Waals surface area (Å²) in [5, 5.41) is 3.69. The highest BCUT2D eigenvalue weighted by Gasteiger charge is 2.13. The number of rotatable bonds is 3. The summed E-state index contributed by atoms with van der Waals surface area (Å²) < 4.78 is 0. The molecule has 0 aliphatic heterocycles. The second kappa shape index (κ2) is 5.31. The van der Waals surface area contributed by atoms with Crippen LogP contribution in [0.5, 0.6) is 0 Å². The van der Waals surface area contributed by atoms with E-state index in [4.69, 9.17) is 0 Å². The van der Waals surface area contributed by atoms with Crippen molar-refractivity contribution >= 4 is 0 Å². The molecule has 2 atom stereocenters. The standard InChI is InChI=1S/C15H21N/c1-12-8-6-7-11-15(12)13(2)16-14-9-4-3-5-10-14/h4,6-9,11,13-14,16H,3,5,10H2,1-2H3/t13-,14?/m0/s1. The number of hydrogen-bond donors (Lipinski definition) is 1. The van der Waals surface area contributed by atoms with Crippen molar-refractivity contribution in [2.75, 3.05) is 0 Å². The lowest BCUT2D eigenvalue weighted by Crippen LogP contribution is -2.31. The highest BCUT2D eigenvalue weighted by molar-refractivity contribution is 5.28. The zero-order valence-electron chi connectivity index (χ0n) is 10.2. The topological polar surface area (TPSA) is 12.0 Å². The Morgan fingerprint density at radius 2 is 2.12 bits per heavy atom. The van der Waals surface area contributed by atoms with Crippen LogP contribution in [-0.4, -0.2) is 6.04 Å². The van der Waals surface area contributed by atoms with Crippen LogP contribution in [0.2, 0.25) is 0 Å². The Kier molecular flexibility index (Phi) is 3.79. The molecule has 0 saturated heterocycles. The first-order valence-corrected chi connectivity index (χ1v) is 6.25. The molecule has 1 unspecified atom stereocenters. The predicted octanol–water partition coefficient (Wildman–Crippen LogP) is 3.75. The number of allylic oxidation sites excluding steroid dienone is 1. The molecule has 0 fully saturated rings. The van der Waals surface area contributed by atoms with Crippen LogP contribution in [0.3, 0.4) is 0 Å². The van der Waals surface area contributed by atoms with Crippen molar-refractivity contribution in [3.8, 4) is 0 Å². The Morgan fingerprint density at radius 3 is 2.81 bits per heavy atom. The van der Waals surface area contributed by atoms with Gasteiger partial charge in [-0.2, -0.15) is 0 Å². The van der Waals surface area contributed by atoms with Crippen LogP contribution >= 0.6 is 0 Å². The minimum atomic E-state index is 0.439. The lowest BCUT2D eigenvalue weighted by atomic mass is 9.98. The van der Waals surface area contributed by atoms with Crippen LogP contribution in [-0.2, 0) is 0 Å². The van der Waals surface area contributed by atoms with Crippen molar-refractivity contribution in [2.45, 2.75) is 45.2 Å². The fourth-order valence-corrected chi connectivity index (χ4v) is 2.43. The molecule has 1 aromatic carbocycles. The molecule has 2 rings (SSSR count). The highest BCUT2D eigenvalue weighted by atomic mass is 14.9. The molecule has 1 nitrogen and oxygen atoms in total. The maximum Gasteiger partial charge on any atom is 0.0299 e. The SMILES string of the molecule is Cc1ccccc1[C@H](C)NC1C=CCCC1. The summed E-state index contributed by atoms with van der Waals surface area (Å²) >= 11 is 0. The first kappa shape index (κ1) is 11.4. The second-order valence-electron chi connectivity index (χ2n) is 4.71. The van der Waals surface area contributed by atoms with Crippen LogP contribution in [0, 0.1) is 6.92 Å². The molecular weight excluding hydrogens is 194 g/mol. The van der Waals surface area contributed by atoms with Crippen molar-refractivity contribution in [2.24, 2.45) is 0 Å². The predicted molar refractivity (Wildman–Crippen MR) is 69.5 cm³/mol. The van der Waals surface area contributed by atoms with Crippen molar-refractivity contribution < 1.29 is 0 Å². The van der Waals surface area contributed by atoms with Crippen molar-refractivity contribution in [1.82, 2.24) is 5.32 Å². The molecule has 1 aromatic rings. The van der Waals surface area contributed by atoms with E-state index < -0.39 is 0 Å². The van der Waals surface area contributed by atoms with Crippen LogP contribution in [0.25, 0.3) is 0 Å². The van der Waals surface area contributed by atoms with Gasteiger partial charge in [-0.3, -0.25) is 0 Å². The Bertz CT molecular complexity index is 367. The van der Waals surface area contributed by atoms with Gasteiger partial charge in [0, 0.05) is 12.1 Å². The van der Waals surface area contributed by atoms with E-state index in [0.717, 1.165) is 0 Å². The van der Waals surface area contributed by atoms with E-state index in [9.17, 15) is 0 Å². The van der Waals surface area contributed by atoms with Gasteiger partial charge in [0.1, 0.15) is 0 Å². The second-order valence-corrected chi connectivity index (χ2v) is 4.71. The number of hydrogen-bond acceptors (Lipinski definition) is 1. The lowest BCUT2D eigenvalue weighted by Gasteiger charge is -2.24. The maximum absolute atomic E-state index is 3.69. The van der Waals surface area contributed by atoms with Gasteiger partial charge in [-0.1, -0.05) is 36.4 Å². The highest BCUT2D eigenvalue weighted by Crippen LogP contribution is 2.19.